The molecule has 0 saturated heterocycles. The molecule has 2 unspecified atom stereocenters. The first-order valence-electron chi connectivity index (χ1n) is 20.3. The Morgan fingerprint density at radius 3 is 1.66 bits per heavy atom. The first-order valence-corrected chi connectivity index (χ1v) is 36.6. The number of fused-ring (bicyclic) bond motifs is 3. The molecule has 0 fully saturated rings. The summed E-state index contributed by atoms with van der Waals surface area (Å²) >= 11 is -5.10. The van der Waals surface area contributed by atoms with E-state index >= 15 is 0 Å². The summed E-state index contributed by atoms with van der Waals surface area (Å²) in [5.41, 5.74) is 18.2. The molecule has 0 nitrogen and oxygen atoms in total. The van der Waals surface area contributed by atoms with Gasteiger partial charge in [-0.1, -0.05) is 0 Å². The maximum absolute atomic E-state index is 8.92. The summed E-state index contributed by atoms with van der Waals surface area (Å²) in [6.07, 6.45) is 4.91. The molecule has 2 aliphatic carbocycles. The van der Waals surface area contributed by atoms with Crippen molar-refractivity contribution >= 4 is 51.4 Å². The van der Waals surface area contributed by atoms with E-state index in [2.05, 4.69) is 202 Å². The van der Waals surface area contributed by atoms with Gasteiger partial charge in [0.1, 0.15) is 0 Å². The summed E-state index contributed by atoms with van der Waals surface area (Å²) in [5, 5.41) is 2.48. The molecule has 0 radical (unpaired) electrons. The van der Waals surface area contributed by atoms with E-state index in [-0.39, 0.29) is 18.1 Å². The topological polar surface area (TPSA) is 0 Å². The molecule has 6 aromatic rings. The molecule has 2 aliphatic rings. The molecule has 0 heterocycles. The molecule has 2 atom stereocenters. The Morgan fingerprint density at radius 1 is 0.536 bits per heavy atom. The number of halogens is 2. The summed E-state index contributed by atoms with van der Waals surface area (Å²) in [5.74, 6) is -1.78. The predicted molar refractivity (Wildman–Crippen MR) is 247 cm³/mol. The Hall–Kier alpha value is -3.26. The van der Waals surface area contributed by atoms with Gasteiger partial charge < -0.3 is 0 Å². The molecule has 0 saturated carbocycles. The zero-order valence-electron chi connectivity index (χ0n) is 34.7. The quantitative estimate of drug-likeness (QED) is 0.146. The van der Waals surface area contributed by atoms with Crippen LogP contribution in [0.4, 0.5) is 0 Å². The van der Waals surface area contributed by atoms with Crippen molar-refractivity contribution in [2.75, 3.05) is 0 Å². The van der Waals surface area contributed by atoms with Crippen molar-refractivity contribution in [3.8, 4) is 22.3 Å². The van der Waals surface area contributed by atoms with Crippen molar-refractivity contribution in [3.63, 3.8) is 0 Å². The summed E-state index contributed by atoms with van der Waals surface area (Å²) in [6, 6.07) is 45.5. The van der Waals surface area contributed by atoms with Gasteiger partial charge in [0.2, 0.25) is 0 Å². The number of aryl methyl sites for hydroxylation is 1. The van der Waals surface area contributed by atoms with E-state index in [0.29, 0.717) is 0 Å². The zero-order chi connectivity index (χ0) is 40.0. The number of benzene rings is 6. The van der Waals surface area contributed by atoms with Crippen LogP contribution in [0.15, 0.2) is 127 Å². The molecule has 4 heteroatoms. The van der Waals surface area contributed by atoms with Crippen molar-refractivity contribution in [1.82, 2.24) is 0 Å². The first-order chi connectivity index (χ1) is 26.4. The van der Waals surface area contributed by atoms with Gasteiger partial charge in [-0.05, 0) is 0 Å². The maximum atomic E-state index is 8.92. The van der Waals surface area contributed by atoms with Crippen molar-refractivity contribution in [2.45, 2.75) is 86.6 Å². The third-order valence-corrected chi connectivity index (χ3v) is 65.0. The van der Waals surface area contributed by atoms with Crippen molar-refractivity contribution in [1.29, 1.82) is 0 Å². The molecule has 6 aromatic carbocycles. The van der Waals surface area contributed by atoms with E-state index in [1.54, 1.807) is 0 Å². The van der Waals surface area contributed by atoms with E-state index in [0.717, 1.165) is 0 Å². The number of rotatable bonds is 6. The minimum absolute atomic E-state index is 0.00442. The van der Waals surface area contributed by atoms with E-state index in [1.165, 1.54) is 88.7 Å². The van der Waals surface area contributed by atoms with Gasteiger partial charge in [-0.3, -0.25) is 0 Å². The standard InChI is InChI=1S/C29H25.C21H23.C2H7Si.2ClH.Zr/c1-29(2,3)26-15-13-21(14-16-26)27-10-6-9-24-18-25(19-28(24)27)23-12-11-20-7-4-5-8-22(20)17-23;1-14-12-19-15(2)6-11-18(20(19)13-14)16-7-9-17(10-8-16)21(3,4)5;1-3-2;;;/h4-19H,1-3H3;6-13H,1-5H3;3H,1-2H3;2*1H;/q;;;;;+2/p-2. The Labute approximate surface area is 344 Å². The SMILES string of the molecule is CC1=Cc2c(-c3ccc(C(C)(C)C)cc3)ccc(C)c2[CH]1[Zr]([Cl])([Cl])([CH]1C(c2ccc3ccccc3c2)=Cc2c(-c3ccc(C(C)(C)C)cc3)cccc21)[SiH](C)C. The van der Waals surface area contributed by atoms with Crippen LogP contribution in [-0.2, 0) is 26.4 Å². The third-order valence-electron chi connectivity index (χ3n) is 13.1. The van der Waals surface area contributed by atoms with Crippen LogP contribution in [0.5, 0.6) is 0 Å². The van der Waals surface area contributed by atoms with Crippen LogP contribution in [-0.4, -0.2) is 5.92 Å². The van der Waals surface area contributed by atoms with Crippen molar-refractivity contribution < 1.29 is 15.6 Å². The predicted octanol–water partition coefficient (Wildman–Crippen LogP) is 15.8. The summed E-state index contributed by atoms with van der Waals surface area (Å²) in [6.45, 7) is 23.1. The van der Waals surface area contributed by atoms with Gasteiger partial charge in [0, 0.05) is 0 Å². The van der Waals surface area contributed by atoms with Crippen LogP contribution in [0.1, 0.15) is 100 Å². The molecular formula is C52H55Cl2SiZr. The monoisotopic (exact) mass is 867 g/mol. The van der Waals surface area contributed by atoms with Gasteiger partial charge in [0.25, 0.3) is 0 Å². The fourth-order valence-corrected chi connectivity index (χ4v) is 41.3. The molecular weight excluding hydrogens is 815 g/mol. The van der Waals surface area contributed by atoms with Gasteiger partial charge in [0.05, 0.1) is 0 Å². The number of allylic oxidation sites excluding steroid dienone is 2. The molecule has 0 aliphatic heterocycles. The Balaban J connectivity index is 1.36. The second-order valence-corrected chi connectivity index (χ2v) is 61.5. The van der Waals surface area contributed by atoms with Crippen molar-refractivity contribution in [2.24, 2.45) is 0 Å². The van der Waals surface area contributed by atoms with Crippen LogP contribution in [0.2, 0.25) is 13.1 Å². The Morgan fingerprint density at radius 2 is 1.09 bits per heavy atom. The van der Waals surface area contributed by atoms with Gasteiger partial charge >= 0.3 is 347 Å². The van der Waals surface area contributed by atoms with E-state index in [9.17, 15) is 0 Å². The van der Waals surface area contributed by atoms with Crippen LogP contribution in [0.3, 0.4) is 0 Å². The van der Waals surface area contributed by atoms with Crippen molar-refractivity contribution in [3.05, 3.63) is 171 Å². The minimum atomic E-state index is -5.10. The summed E-state index contributed by atoms with van der Waals surface area (Å²) in [4.78, 5) is 0. The fraction of sp³-hybridized carbons (Fsp3) is 0.269. The number of hydrogen-bond acceptors (Lipinski definition) is 0. The van der Waals surface area contributed by atoms with E-state index < -0.39 is 21.5 Å². The second-order valence-electron chi connectivity index (χ2n) is 19.0. The van der Waals surface area contributed by atoms with Crippen LogP contribution in [0, 0.1) is 6.92 Å². The first kappa shape index (κ1) is 39.6. The van der Waals surface area contributed by atoms with Gasteiger partial charge in [-0.25, -0.2) is 0 Å². The zero-order valence-corrected chi connectivity index (χ0v) is 39.8. The molecule has 0 aromatic heterocycles. The van der Waals surface area contributed by atoms with E-state index in [4.69, 9.17) is 17.0 Å². The molecule has 285 valence electrons. The van der Waals surface area contributed by atoms with Gasteiger partial charge in [-0.15, -0.1) is 0 Å². The molecule has 0 bridgehead atoms. The summed E-state index contributed by atoms with van der Waals surface area (Å²) < 4.78 is -0.0606. The molecule has 56 heavy (non-hydrogen) atoms. The fourth-order valence-electron chi connectivity index (χ4n) is 9.79. The third kappa shape index (κ3) is 6.43. The second kappa shape index (κ2) is 13.9. The molecule has 0 N–H and O–H groups in total. The average molecular weight is 870 g/mol. The van der Waals surface area contributed by atoms with Gasteiger partial charge in [0.15, 0.2) is 0 Å². The van der Waals surface area contributed by atoms with Crippen LogP contribution in [0.25, 0.3) is 50.8 Å². The van der Waals surface area contributed by atoms with E-state index in [1.807, 2.05) is 0 Å². The van der Waals surface area contributed by atoms with Crippen LogP contribution < -0.4 is 0 Å². The summed E-state index contributed by atoms with van der Waals surface area (Å²) in [7, 11) is 17.8. The van der Waals surface area contributed by atoms with Gasteiger partial charge in [-0.2, -0.15) is 0 Å². The Kier molecular flexibility index (Phi) is 9.85. The number of hydrogen-bond donors (Lipinski definition) is 0. The molecule has 8 rings (SSSR count). The molecule has 0 amide bonds. The van der Waals surface area contributed by atoms with Crippen LogP contribution >= 0.6 is 17.0 Å². The average Bonchev–Trinajstić information content (AvgIpc) is 3.74. The molecule has 0 spiro atoms. The normalized spacial score (nSPS) is 17.7. The Bertz CT molecular complexity index is 2580.